The van der Waals surface area contributed by atoms with Crippen LogP contribution in [-0.2, 0) is 4.74 Å². The van der Waals surface area contributed by atoms with Gasteiger partial charge in [-0.2, -0.15) is 13.2 Å². The third-order valence-electron chi connectivity index (χ3n) is 7.96. The lowest BCUT2D eigenvalue weighted by Gasteiger charge is -2.26. The number of unbranched alkanes of at least 4 members (excludes halogenated alkanes) is 8. The predicted octanol–water partition coefficient (Wildman–Crippen LogP) is 11.0. The summed E-state index contributed by atoms with van der Waals surface area (Å²) in [6.45, 7) is 6.39. The number of halogens is 3. The standard InChI is InChI=1S/C38H47F3O5/c1-4-6-8-10-11-13-27-44-33-23-19-30(20-24-33)29-15-17-31(18-16-29)36(42)45-34-25-21-32(22-26-34)37(43)46-35(38(39,40)41)28(3)14-12-9-7-5-2/h15-26,28,35H,4-14,27H2,1-3H3/t28-,35-/m0/s1. The second kappa shape index (κ2) is 19.0. The number of ether oxygens (including phenoxy) is 3. The molecule has 0 saturated heterocycles. The Balaban J connectivity index is 1.50. The van der Waals surface area contributed by atoms with Gasteiger partial charge in [-0.05, 0) is 72.5 Å². The van der Waals surface area contributed by atoms with E-state index in [1.807, 2.05) is 43.3 Å². The van der Waals surface area contributed by atoms with Gasteiger partial charge in [-0.1, -0.05) is 103 Å². The Morgan fingerprint density at radius 1 is 0.630 bits per heavy atom. The molecule has 0 fully saturated rings. The van der Waals surface area contributed by atoms with Gasteiger partial charge in [0.2, 0.25) is 0 Å². The molecule has 2 atom stereocenters. The second-order valence-electron chi connectivity index (χ2n) is 11.8. The average molecular weight is 641 g/mol. The third-order valence-corrected chi connectivity index (χ3v) is 7.96. The number of esters is 2. The maximum atomic E-state index is 13.7. The van der Waals surface area contributed by atoms with E-state index < -0.39 is 30.1 Å². The Kier molecular flexibility index (Phi) is 15.1. The van der Waals surface area contributed by atoms with Gasteiger partial charge < -0.3 is 14.2 Å². The fourth-order valence-electron chi connectivity index (χ4n) is 5.17. The Morgan fingerprint density at radius 3 is 1.70 bits per heavy atom. The second-order valence-corrected chi connectivity index (χ2v) is 11.8. The predicted molar refractivity (Wildman–Crippen MR) is 175 cm³/mol. The summed E-state index contributed by atoms with van der Waals surface area (Å²) in [5.74, 6) is -1.56. The molecule has 250 valence electrons. The van der Waals surface area contributed by atoms with Crippen LogP contribution in [0.5, 0.6) is 11.5 Å². The van der Waals surface area contributed by atoms with Crippen molar-refractivity contribution >= 4 is 11.9 Å². The molecule has 0 bridgehead atoms. The molecule has 8 heteroatoms. The van der Waals surface area contributed by atoms with Crippen molar-refractivity contribution in [2.45, 2.75) is 104 Å². The molecule has 0 N–H and O–H groups in total. The summed E-state index contributed by atoms with van der Waals surface area (Å²) >= 11 is 0. The van der Waals surface area contributed by atoms with Crippen LogP contribution in [0.25, 0.3) is 11.1 Å². The molecule has 3 rings (SSSR count). The summed E-state index contributed by atoms with van der Waals surface area (Å²) in [5.41, 5.74) is 2.17. The van der Waals surface area contributed by atoms with Crippen LogP contribution in [0.1, 0.15) is 112 Å². The van der Waals surface area contributed by atoms with Crippen molar-refractivity contribution in [3.63, 3.8) is 0 Å². The lowest BCUT2D eigenvalue weighted by Crippen LogP contribution is -2.39. The van der Waals surface area contributed by atoms with Crippen LogP contribution in [-0.4, -0.2) is 30.8 Å². The van der Waals surface area contributed by atoms with E-state index in [0.717, 1.165) is 42.6 Å². The zero-order valence-corrected chi connectivity index (χ0v) is 27.2. The van der Waals surface area contributed by atoms with E-state index >= 15 is 0 Å². The molecular formula is C38H47F3O5. The highest BCUT2D eigenvalue weighted by molar-refractivity contribution is 5.92. The van der Waals surface area contributed by atoms with Crippen molar-refractivity contribution in [2.24, 2.45) is 5.92 Å². The normalized spacial score (nSPS) is 12.7. The van der Waals surface area contributed by atoms with Crippen LogP contribution >= 0.6 is 0 Å². The van der Waals surface area contributed by atoms with Gasteiger partial charge in [-0.25, -0.2) is 9.59 Å². The quantitative estimate of drug-likeness (QED) is 0.0741. The summed E-state index contributed by atoms with van der Waals surface area (Å²) in [6.07, 6.45) is 4.14. The molecule has 3 aromatic carbocycles. The molecule has 5 nitrogen and oxygen atoms in total. The molecule has 0 aromatic heterocycles. The monoisotopic (exact) mass is 640 g/mol. The van der Waals surface area contributed by atoms with E-state index in [1.165, 1.54) is 63.3 Å². The Morgan fingerprint density at radius 2 is 1.11 bits per heavy atom. The van der Waals surface area contributed by atoms with E-state index in [2.05, 4.69) is 6.92 Å². The highest BCUT2D eigenvalue weighted by Gasteiger charge is 2.46. The SMILES string of the molecule is CCCCCCCCOc1ccc(-c2ccc(C(=O)Oc3ccc(C(=O)O[C@@H]([C@@H](C)CCCCCC)C(F)(F)F)cc3)cc2)cc1. The zero-order valence-electron chi connectivity index (χ0n) is 27.2. The average Bonchev–Trinajstić information content (AvgIpc) is 3.05. The van der Waals surface area contributed by atoms with E-state index in [4.69, 9.17) is 14.2 Å². The molecule has 0 unspecified atom stereocenters. The maximum absolute atomic E-state index is 13.7. The topological polar surface area (TPSA) is 61.8 Å². The van der Waals surface area contributed by atoms with Gasteiger partial charge in [0.25, 0.3) is 0 Å². The molecule has 0 aliphatic carbocycles. The molecule has 0 amide bonds. The van der Waals surface area contributed by atoms with Crippen molar-refractivity contribution in [2.75, 3.05) is 6.61 Å². The van der Waals surface area contributed by atoms with Crippen molar-refractivity contribution in [1.29, 1.82) is 0 Å². The zero-order chi connectivity index (χ0) is 33.4. The lowest BCUT2D eigenvalue weighted by atomic mass is 9.96. The first-order chi connectivity index (χ1) is 22.1. The Hall–Kier alpha value is -3.81. The van der Waals surface area contributed by atoms with Gasteiger partial charge in [0.15, 0.2) is 6.10 Å². The molecule has 0 aliphatic heterocycles. The van der Waals surface area contributed by atoms with Crippen molar-refractivity contribution < 1.29 is 37.0 Å². The van der Waals surface area contributed by atoms with E-state index in [0.29, 0.717) is 25.0 Å². The molecule has 0 saturated carbocycles. The summed E-state index contributed by atoms with van der Waals surface area (Å²) in [7, 11) is 0. The van der Waals surface area contributed by atoms with E-state index in [9.17, 15) is 22.8 Å². The first-order valence-electron chi connectivity index (χ1n) is 16.6. The molecule has 0 radical (unpaired) electrons. The first-order valence-corrected chi connectivity index (χ1v) is 16.6. The van der Waals surface area contributed by atoms with Crippen LogP contribution in [0.3, 0.4) is 0 Å². The van der Waals surface area contributed by atoms with Gasteiger partial charge in [-0.15, -0.1) is 0 Å². The number of rotatable bonds is 19. The number of alkyl halides is 3. The summed E-state index contributed by atoms with van der Waals surface area (Å²) in [6, 6.07) is 20.1. The maximum Gasteiger partial charge on any atom is 0.425 e. The first kappa shape index (κ1) is 36.7. The Labute approximate surface area is 271 Å². The van der Waals surface area contributed by atoms with Crippen LogP contribution in [0.2, 0.25) is 0 Å². The number of carbonyl (C=O) groups is 2. The van der Waals surface area contributed by atoms with E-state index in [-0.39, 0.29) is 11.3 Å². The number of hydrogen-bond acceptors (Lipinski definition) is 5. The number of hydrogen-bond donors (Lipinski definition) is 0. The smallest absolute Gasteiger partial charge is 0.425 e. The molecule has 46 heavy (non-hydrogen) atoms. The minimum atomic E-state index is -4.67. The number of benzene rings is 3. The van der Waals surface area contributed by atoms with Gasteiger partial charge in [-0.3, -0.25) is 0 Å². The third kappa shape index (κ3) is 12.2. The van der Waals surface area contributed by atoms with Crippen molar-refractivity contribution in [3.8, 4) is 22.6 Å². The summed E-state index contributed by atoms with van der Waals surface area (Å²) < 4.78 is 57.2. The van der Waals surface area contributed by atoms with Gasteiger partial charge in [0.05, 0.1) is 17.7 Å². The van der Waals surface area contributed by atoms with Crippen molar-refractivity contribution in [1.82, 2.24) is 0 Å². The molecular weight excluding hydrogens is 593 g/mol. The summed E-state index contributed by atoms with van der Waals surface area (Å²) in [4.78, 5) is 25.3. The van der Waals surface area contributed by atoms with Crippen molar-refractivity contribution in [3.05, 3.63) is 83.9 Å². The summed E-state index contributed by atoms with van der Waals surface area (Å²) in [5, 5.41) is 0. The molecule has 3 aromatic rings. The Bertz CT molecular complexity index is 1320. The number of carbonyl (C=O) groups excluding carboxylic acids is 2. The van der Waals surface area contributed by atoms with Gasteiger partial charge in [0, 0.05) is 5.92 Å². The highest BCUT2D eigenvalue weighted by atomic mass is 19.4. The molecule has 0 heterocycles. The van der Waals surface area contributed by atoms with Crippen LogP contribution < -0.4 is 9.47 Å². The largest absolute Gasteiger partial charge is 0.494 e. The van der Waals surface area contributed by atoms with Crippen LogP contribution in [0.4, 0.5) is 13.2 Å². The van der Waals surface area contributed by atoms with Crippen LogP contribution in [0.15, 0.2) is 72.8 Å². The van der Waals surface area contributed by atoms with Gasteiger partial charge >= 0.3 is 18.1 Å². The minimum Gasteiger partial charge on any atom is -0.494 e. The van der Waals surface area contributed by atoms with Crippen LogP contribution in [0, 0.1) is 5.92 Å². The van der Waals surface area contributed by atoms with E-state index in [1.54, 1.807) is 12.1 Å². The highest BCUT2D eigenvalue weighted by Crippen LogP contribution is 2.32. The fourth-order valence-corrected chi connectivity index (χ4v) is 5.17. The lowest BCUT2D eigenvalue weighted by molar-refractivity contribution is -0.218. The fraction of sp³-hybridized carbons (Fsp3) is 0.474. The minimum absolute atomic E-state index is 0.0598. The molecule has 0 spiro atoms. The van der Waals surface area contributed by atoms with Gasteiger partial charge in [0.1, 0.15) is 11.5 Å². The molecule has 0 aliphatic rings.